The van der Waals surface area contributed by atoms with Crippen LogP contribution >= 0.6 is 0 Å². The fraction of sp³-hybridized carbons (Fsp3) is 0.896. The van der Waals surface area contributed by atoms with E-state index in [2.05, 4.69) is 16.0 Å². The molecule has 0 spiro atoms. The van der Waals surface area contributed by atoms with Gasteiger partial charge in [0.05, 0.1) is 63.9 Å². The van der Waals surface area contributed by atoms with Crippen LogP contribution in [0.2, 0.25) is 0 Å². The normalized spacial score (nSPS) is 44.6. The van der Waals surface area contributed by atoms with E-state index >= 15 is 0 Å². The molecule has 0 aromatic heterocycles. The second kappa shape index (κ2) is 30.7. The largest absolute Gasteiger partial charge is 0.477 e. The number of aliphatic hydroxyl groups is 19. The number of carbonyl (C=O) groups excluding carboxylic acids is 3. The van der Waals surface area contributed by atoms with Crippen molar-refractivity contribution in [3.63, 3.8) is 0 Å². The molecule has 40 nitrogen and oxygen atoms in total. The molecule has 40 heteroatoms. The van der Waals surface area contributed by atoms with Crippen LogP contribution < -0.4 is 16.0 Å². The van der Waals surface area contributed by atoms with Gasteiger partial charge in [0.15, 0.2) is 25.2 Å². The van der Waals surface area contributed by atoms with Crippen LogP contribution in [0.1, 0.15) is 33.6 Å². The molecule has 0 aliphatic carbocycles. The molecule has 6 rings (SSSR count). The van der Waals surface area contributed by atoms with Crippen LogP contribution in [-0.4, -0.2) is 372 Å². The Labute approximate surface area is 496 Å². The topological polar surface area (TPSA) is 648 Å². The molecule has 6 aliphatic rings. The highest BCUT2D eigenvalue weighted by Gasteiger charge is 2.64. The van der Waals surface area contributed by atoms with Crippen molar-refractivity contribution in [1.29, 1.82) is 0 Å². The number of amides is 3. The van der Waals surface area contributed by atoms with Crippen molar-refractivity contribution in [1.82, 2.24) is 16.0 Å². The number of ether oxygens (including phenoxy) is 11. The highest BCUT2D eigenvalue weighted by Crippen LogP contribution is 2.42. The van der Waals surface area contributed by atoms with Gasteiger partial charge in [-0.1, -0.05) is 0 Å². The third kappa shape index (κ3) is 15.6. The van der Waals surface area contributed by atoms with Crippen LogP contribution in [0.15, 0.2) is 0 Å². The predicted molar refractivity (Wildman–Crippen MR) is 268 cm³/mol. The van der Waals surface area contributed by atoms with Gasteiger partial charge in [0, 0.05) is 33.6 Å². The third-order valence-corrected chi connectivity index (χ3v) is 15.6. The van der Waals surface area contributed by atoms with E-state index in [0.717, 1.165) is 20.8 Å². The Bertz CT molecular complexity index is 2320. The summed E-state index contributed by atoms with van der Waals surface area (Å²) in [4.78, 5) is 64.4. The maximum Gasteiger partial charge on any atom is 0.364 e. The molecule has 6 aliphatic heterocycles. The summed E-state index contributed by atoms with van der Waals surface area (Å²) in [7, 11) is 0. The van der Waals surface area contributed by atoms with Gasteiger partial charge < -0.3 is 175 Å². The van der Waals surface area contributed by atoms with Gasteiger partial charge >= 0.3 is 11.9 Å². The Balaban J connectivity index is 1.42. The van der Waals surface area contributed by atoms with Crippen molar-refractivity contribution in [3.05, 3.63) is 0 Å². The number of aliphatic carboxylic acids is 2. The number of carboxylic acids is 2. The zero-order chi connectivity index (χ0) is 65.8. The zero-order valence-electron chi connectivity index (χ0n) is 46.9. The minimum atomic E-state index is -3.44. The number of carboxylic acid groups (broad SMARTS) is 2. The van der Waals surface area contributed by atoms with E-state index in [1.165, 1.54) is 0 Å². The van der Waals surface area contributed by atoms with Crippen LogP contribution in [0.5, 0.6) is 0 Å². The second-order valence-corrected chi connectivity index (χ2v) is 21.8. The third-order valence-electron chi connectivity index (χ3n) is 15.6. The SMILES string of the molecule is CC(=O)N[C@H]1[C@H](O[C@@H]2[C@H](O[C@]3(C(=O)O)C[C@H](O)[C@@H](NC(C)=O)[C@H]([C@H](O)[C@H](O)CO)O3)[C@@H](O)[C@H](O[C@H]3[C@H](O)[C@@H](O)C(O)O[C@@H]3CO)O[C@@H]2CO)O[C@H](CO)[C@H](O)[C@@H]1O[C@@H]1O[C@H](CO)[C@H](O)[C@H](O[C@]2(C(=O)O)C[C@H](O)[C@@H](NC(C)=O)[C@H]([C@H](O)[C@H](O)CO)O2)[C@H]1O. The summed E-state index contributed by atoms with van der Waals surface area (Å²) >= 11 is 0. The Kier molecular flexibility index (Phi) is 25.6. The quantitative estimate of drug-likeness (QED) is 0.0404. The monoisotopic (exact) mass is 1290 g/mol. The van der Waals surface area contributed by atoms with Gasteiger partial charge in [0.25, 0.3) is 11.6 Å². The van der Waals surface area contributed by atoms with E-state index in [0.29, 0.717) is 0 Å². The van der Waals surface area contributed by atoms with E-state index < -0.39 is 277 Å². The fourth-order valence-corrected chi connectivity index (χ4v) is 11.1. The summed E-state index contributed by atoms with van der Waals surface area (Å²) < 4.78 is 63.8. The fourth-order valence-electron chi connectivity index (χ4n) is 11.1. The van der Waals surface area contributed by atoms with Crippen LogP contribution in [0.3, 0.4) is 0 Å². The first kappa shape index (κ1) is 73.2. The van der Waals surface area contributed by atoms with Crippen LogP contribution in [-0.2, 0) is 76.1 Å². The van der Waals surface area contributed by atoms with Crippen molar-refractivity contribution < 1.29 is 183 Å². The maximum atomic E-state index is 13.6. The molecule has 0 aromatic carbocycles. The van der Waals surface area contributed by atoms with Crippen molar-refractivity contribution in [2.75, 3.05) is 39.6 Å². The standard InChI is InChI=1S/C48H79N3O37/c1-12(58)49-23-15(61)4-47(45(74)75,85-37(23)26(65)17(63)6-52)87-39-29(68)20(9-55)80-43(32(39)71)84-36-25(51-14(3)60)42(79-19(8-54)28(36)67)83-35-22(11-57)81-44(82-34-21(10-56)78-41(73)31(70)30(34)69)33(72)40(35)88-48(46(76)77)5-16(62)24(50-13(2)59)38(86-48)27(66)18(64)7-53/h15-44,52-57,61-73H,4-11H2,1-3H3,(H,49,58)(H,50,59)(H,51,60)(H,74,75)(H,76,77)/t15-,16-,17+,18+,19+,20+,21+,22+,23+,24+,25+,26+,27+,28-,29-,30+,31+,32+,33+,34+,35-,36+,37+,38+,39-,40+,41?,42-,43-,44-,47-,48-/m0/s1. The number of hydrogen-bond donors (Lipinski definition) is 24. The van der Waals surface area contributed by atoms with Crippen molar-refractivity contribution in [2.24, 2.45) is 0 Å². The van der Waals surface area contributed by atoms with Gasteiger partial charge in [0.2, 0.25) is 17.7 Å². The molecule has 0 bridgehead atoms. The summed E-state index contributed by atoms with van der Waals surface area (Å²) in [5.74, 6) is -14.0. The van der Waals surface area contributed by atoms with Crippen LogP contribution in [0.4, 0.5) is 0 Å². The summed E-state index contributed by atoms with van der Waals surface area (Å²) in [5, 5.41) is 235. The lowest BCUT2D eigenvalue weighted by Crippen LogP contribution is -2.72. The van der Waals surface area contributed by atoms with Gasteiger partial charge in [-0.05, 0) is 0 Å². The number of rotatable bonds is 25. The molecule has 6 saturated heterocycles. The van der Waals surface area contributed by atoms with E-state index in [9.17, 15) is 131 Å². The number of carbonyl (C=O) groups is 5. The lowest BCUT2D eigenvalue weighted by atomic mass is 9.88. The average molecular weight is 1290 g/mol. The van der Waals surface area contributed by atoms with Gasteiger partial charge in [0.1, 0.15) is 134 Å². The molecule has 32 atom stereocenters. The smallest absolute Gasteiger partial charge is 0.364 e. The highest BCUT2D eigenvalue weighted by atomic mass is 16.8. The zero-order valence-corrected chi connectivity index (χ0v) is 46.9. The summed E-state index contributed by atoms with van der Waals surface area (Å²) in [6.45, 7) is -4.55. The molecule has 6 heterocycles. The highest BCUT2D eigenvalue weighted by molar-refractivity contribution is 5.77. The summed E-state index contributed by atoms with van der Waals surface area (Å²) in [5.41, 5.74) is 0. The van der Waals surface area contributed by atoms with E-state index in [1.54, 1.807) is 0 Å². The van der Waals surface area contributed by atoms with Crippen molar-refractivity contribution >= 4 is 29.7 Å². The lowest BCUT2D eigenvalue weighted by molar-refractivity contribution is -0.404. The molecule has 24 N–H and O–H groups in total. The minimum absolute atomic E-state index is 0.864. The molecular formula is C48H79N3O37. The second-order valence-electron chi connectivity index (χ2n) is 21.8. The molecule has 0 aromatic rings. The van der Waals surface area contributed by atoms with Gasteiger partial charge in [-0.3, -0.25) is 14.4 Å². The Morgan fingerprint density at radius 2 is 0.807 bits per heavy atom. The van der Waals surface area contributed by atoms with Crippen LogP contribution in [0, 0.1) is 0 Å². The number of aliphatic hydroxyl groups excluding tert-OH is 19. The molecule has 3 amide bonds. The van der Waals surface area contributed by atoms with Crippen LogP contribution in [0.25, 0.3) is 0 Å². The Hall–Kier alpha value is -3.85. The minimum Gasteiger partial charge on any atom is -0.477 e. The number of hydrogen-bond acceptors (Lipinski definition) is 35. The summed E-state index contributed by atoms with van der Waals surface area (Å²) in [6, 6.07) is -5.66. The Morgan fingerprint density at radius 3 is 1.23 bits per heavy atom. The molecule has 1 unspecified atom stereocenters. The first-order valence-corrected chi connectivity index (χ1v) is 27.4. The lowest BCUT2D eigenvalue weighted by Gasteiger charge is -2.53. The van der Waals surface area contributed by atoms with Gasteiger partial charge in [-0.2, -0.15) is 0 Å². The molecular weight excluding hydrogens is 1210 g/mol. The van der Waals surface area contributed by atoms with E-state index in [-0.39, 0.29) is 0 Å². The van der Waals surface area contributed by atoms with Crippen molar-refractivity contribution in [2.45, 2.75) is 229 Å². The summed E-state index contributed by atoms with van der Waals surface area (Å²) in [6.07, 6.45) is -63.1. The maximum absolute atomic E-state index is 13.6. The first-order chi connectivity index (χ1) is 41.3. The molecule has 6 fully saturated rings. The van der Waals surface area contributed by atoms with Gasteiger partial charge in [-0.15, -0.1) is 0 Å². The van der Waals surface area contributed by atoms with Crippen molar-refractivity contribution in [3.8, 4) is 0 Å². The molecule has 0 saturated carbocycles. The first-order valence-electron chi connectivity index (χ1n) is 27.4. The molecule has 88 heavy (non-hydrogen) atoms. The molecule has 0 radical (unpaired) electrons. The van der Waals surface area contributed by atoms with E-state index in [4.69, 9.17) is 52.1 Å². The number of nitrogens with one attached hydrogen (secondary N) is 3. The average Bonchev–Trinajstić information content (AvgIpc) is 1.30. The van der Waals surface area contributed by atoms with Gasteiger partial charge in [-0.25, -0.2) is 9.59 Å². The molecule has 508 valence electrons. The Morgan fingerprint density at radius 1 is 0.443 bits per heavy atom. The predicted octanol–water partition coefficient (Wildman–Crippen LogP) is -15.3. The van der Waals surface area contributed by atoms with E-state index in [1.807, 2.05) is 0 Å².